The Morgan fingerprint density at radius 2 is 1.49 bits per heavy atom. The molecule has 1 saturated carbocycles. The van der Waals surface area contributed by atoms with Gasteiger partial charge in [-0.05, 0) is 30.0 Å². The van der Waals surface area contributed by atoms with Gasteiger partial charge in [-0.3, -0.25) is 19.2 Å². The van der Waals surface area contributed by atoms with Gasteiger partial charge in [0, 0.05) is 44.1 Å². The van der Waals surface area contributed by atoms with Crippen LogP contribution in [-0.2, 0) is 43.5 Å². The van der Waals surface area contributed by atoms with Gasteiger partial charge >= 0.3 is 23.9 Å². The van der Waals surface area contributed by atoms with Crippen LogP contribution in [0.4, 0.5) is 0 Å². The Kier molecular flexibility index (Phi) is 7.66. The van der Waals surface area contributed by atoms with E-state index in [1.54, 1.807) is 19.1 Å². The summed E-state index contributed by atoms with van der Waals surface area (Å²) in [5.74, 6) is -4.13. The molecule has 0 aliphatic heterocycles. The fourth-order valence-electron chi connectivity index (χ4n) is 6.43. The van der Waals surface area contributed by atoms with Gasteiger partial charge in [0.15, 0.2) is 0 Å². The first-order valence-corrected chi connectivity index (χ1v) is 12.3. The zero-order valence-corrected chi connectivity index (χ0v) is 22.5. The summed E-state index contributed by atoms with van der Waals surface area (Å²) in [5.41, 5.74) is -1.76. The molecule has 37 heavy (non-hydrogen) atoms. The van der Waals surface area contributed by atoms with Crippen molar-refractivity contribution in [2.24, 2.45) is 11.3 Å². The van der Waals surface area contributed by atoms with E-state index in [1.165, 1.54) is 34.8 Å². The maximum absolute atomic E-state index is 13.5. The van der Waals surface area contributed by atoms with Gasteiger partial charge in [-0.25, -0.2) is 0 Å². The van der Waals surface area contributed by atoms with Gasteiger partial charge < -0.3 is 29.2 Å². The molecule has 2 aliphatic rings. The predicted octanol–water partition coefficient (Wildman–Crippen LogP) is 2.81. The first kappa shape index (κ1) is 28.4. The zero-order chi connectivity index (χ0) is 28.0. The molecule has 0 heterocycles. The fraction of sp³-hybridized carbons (Fsp3) is 0.630. The molecule has 1 aromatic rings. The van der Waals surface area contributed by atoms with Crippen molar-refractivity contribution in [1.82, 2.24) is 0 Å². The van der Waals surface area contributed by atoms with Crippen LogP contribution in [0.5, 0.6) is 5.75 Å². The van der Waals surface area contributed by atoms with Crippen molar-refractivity contribution in [2.45, 2.75) is 90.6 Å². The van der Waals surface area contributed by atoms with Crippen LogP contribution in [0.3, 0.4) is 0 Å². The number of carbonyl (C=O) groups excluding carboxylic acids is 4. The van der Waals surface area contributed by atoms with Crippen molar-refractivity contribution >= 4 is 23.9 Å². The van der Waals surface area contributed by atoms with Crippen molar-refractivity contribution in [2.75, 3.05) is 7.11 Å². The topological polar surface area (TPSA) is 146 Å². The number of ether oxygens (including phenoxy) is 4. The third-order valence-corrected chi connectivity index (χ3v) is 7.94. The van der Waals surface area contributed by atoms with Gasteiger partial charge in [0.25, 0.3) is 0 Å². The molecule has 7 atom stereocenters. The van der Waals surface area contributed by atoms with Gasteiger partial charge in [0.1, 0.15) is 35.6 Å². The molecule has 0 unspecified atom stereocenters. The van der Waals surface area contributed by atoms with E-state index < -0.39 is 65.0 Å². The van der Waals surface area contributed by atoms with Crippen LogP contribution in [0.2, 0.25) is 0 Å². The largest absolute Gasteiger partial charge is 0.508 e. The van der Waals surface area contributed by atoms with Crippen LogP contribution in [0.25, 0.3) is 0 Å². The predicted molar refractivity (Wildman–Crippen MR) is 129 cm³/mol. The highest BCUT2D eigenvalue weighted by Gasteiger charge is 2.71. The van der Waals surface area contributed by atoms with Crippen molar-refractivity contribution < 1.29 is 48.3 Å². The number of hydrogen-bond acceptors (Lipinski definition) is 10. The zero-order valence-electron chi connectivity index (χ0n) is 22.5. The van der Waals surface area contributed by atoms with Gasteiger partial charge in [0.05, 0.1) is 7.11 Å². The van der Waals surface area contributed by atoms with E-state index in [1.807, 2.05) is 13.8 Å². The van der Waals surface area contributed by atoms with E-state index in [0.717, 1.165) is 5.56 Å². The summed E-state index contributed by atoms with van der Waals surface area (Å²) in [5, 5.41) is 23.0. The highest BCUT2D eigenvalue weighted by Crippen LogP contribution is 2.63. The molecule has 204 valence electrons. The number of carbonyl (C=O) groups is 4. The molecule has 0 saturated heterocycles. The van der Waals surface area contributed by atoms with Crippen molar-refractivity contribution in [3.05, 3.63) is 28.8 Å². The Morgan fingerprint density at radius 3 is 1.97 bits per heavy atom. The Balaban J connectivity index is 2.46. The minimum absolute atomic E-state index is 0.00888. The summed E-state index contributed by atoms with van der Waals surface area (Å²) < 4.78 is 22.1. The van der Waals surface area contributed by atoms with Gasteiger partial charge in [0.2, 0.25) is 0 Å². The number of phenols is 1. The number of hydrogen-bond donors (Lipinski definition) is 2. The summed E-state index contributed by atoms with van der Waals surface area (Å²) in [6, 6.07) is 3.30. The van der Waals surface area contributed by atoms with Gasteiger partial charge in [-0.2, -0.15) is 0 Å². The Morgan fingerprint density at radius 1 is 0.946 bits per heavy atom. The van der Waals surface area contributed by atoms with Crippen LogP contribution in [-0.4, -0.2) is 59.5 Å². The Hall–Kier alpha value is -3.14. The van der Waals surface area contributed by atoms with Crippen molar-refractivity contribution in [3.63, 3.8) is 0 Å². The molecule has 0 aromatic heterocycles. The molecule has 2 aliphatic carbocycles. The number of rotatable bonds is 5. The van der Waals surface area contributed by atoms with E-state index in [9.17, 15) is 29.4 Å². The lowest BCUT2D eigenvalue weighted by Crippen LogP contribution is -2.70. The summed E-state index contributed by atoms with van der Waals surface area (Å²) >= 11 is 0. The number of esters is 4. The monoisotopic (exact) mass is 520 g/mol. The van der Waals surface area contributed by atoms with E-state index in [-0.39, 0.29) is 23.7 Å². The first-order chi connectivity index (χ1) is 17.1. The summed E-state index contributed by atoms with van der Waals surface area (Å²) in [6.07, 6.45) is -5.09. The molecule has 3 rings (SSSR count). The lowest BCUT2D eigenvalue weighted by atomic mass is 9.46. The molecule has 0 bridgehead atoms. The number of aliphatic hydroxyl groups excluding tert-OH is 1. The number of aliphatic hydroxyl groups is 1. The normalized spacial score (nSPS) is 32.5. The quantitative estimate of drug-likeness (QED) is 0.439. The second kappa shape index (κ2) is 9.96. The number of aromatic hydroxyl groups is 1. The lowest BCUT2D eigenvalue weighted by molar-refractivity contribution is -0.229. The average molecular weight is 521 g/mol. The lowest BCUT2D eigenvalue weighted by Gasteiger charge is -2.61. The van der Waals surface area contributed by atoms with E-state index >= 15 is 0 Å². The number of phenolic OH excluding ortho intramolecular Hbond substituents is 1. The maximum atomic E-state index is 13.5. The summed E-state index contributed by atoms with van der Waals surface area (Å²) in [7, 11) is 1.17. The van der Waals surface area contributed by atoms with Crippen molar-refractivity contribution in [3.8, 4) is 5.75 Å². The second-order valence-corrected chi connectivity index (χ2v) is 10.6. The number of fused-ring (bicyclic) bond motifs is 3. The van der Waals surface area contributed by atoms with Crippen LogP contribution in [0.15, 0.2) is 12.1 Å². The molecule has 2 N–H and O–H groups in total. The maximum Gasteiger partial charge on any atom is 0.315 e. The molecule has 10 nitrogen and oxygen atoms in total. The van der Waals surface area contributed by atoms with E-state index in [2.05, 4.69) is 0 Å². The minimum atomic E-state index is -1.67. The third-order valence-electron chi connectivity index (χ3n) is 7.94. The van der Waals surface area contributed by atoms with Gasteiger partial charge in [-0.15, -0.1) is 0 Å². The van der Waals surface area contributed by atoms with E-state index in [0.29, 0.717) is 5.56 Å². The minimum Gasteiger partial charge on any atom is -0.508 e. The van der Waals surface area contributed by atoms with Gasteiger partial charge in [-0.1, -0.05) is 26.8 Å². The van der Waals surface area contributed by atoms with E-state index in [4.69, 9.17) is 18.9 Å². The molecule has 0 radical (unpaired) electrons. The average Bonchev–Trinajstić information content (AvgIpc) is 2.78. The fourth-order valence-corrected chi connectivity index (χ4v) is 6.43. The molecular formula is C27H36O10. The SMILES string of the molecule is COC(=O)[C@]1(C)[C@@H](OC(C)=O)C[C@@H](OC(C)=O)[C@]2(C)c3c(O)cc(C(C)C)cc3[C@@H](O)[C@@H](OC(C)=O)[C@@H]12. The molecule has 0 amide bonds. The van der Waals surface area contributed by atoms with Crippen LogP contribution < -0.4 is 0 Å². The second-order valence-electron chi connectivity index (χ2n) is 10.6. The number of benzene rings is 1. The van der Waals surface area contributed by atoms with Crippen LogP contribution >= 0.6 is 0 Å². The molecule has 1 aromatic carbocycles. The summed E-state index contributed by atoms with van der Waals surface area (Å²) in [4.78, 5) is 50.1. The molecule has 10 heteroatoms. The molecule has 0 spiro atoms. The van der Waals surface area contributed by atoms with Crippen molar-refractivity contribution in [1.29, 1.82) is 0 Å². The first-order valence-electron chi connectivity index (χ1n) is 12.3. The molecule has 1 fully saturated rings. The Labute approximate surface area is 216 Å². The Bertz CT molecular complexity index is 1110. The highest BCUT2D eigenvalue weighted by atomic mass is 16.6. The third kappa shape index (κ3) is 4.56. The summed E-state index contributed by atoms with van der Waals surface area (Å²) in [6.45, 7) is 10.6. The standard InChI is InChI=1S/C27H36O10/c1-12(2)16-9-17-21(18(31)10-16)26(6)19(35-13(3)28)11-20(36-14(4)29)27(7,25(33)34-8)24(26)23(22(17)32)37-15(5)30/h9-10,12,19-20,22-24,31-32H,11H2,1-8H3/t19-,20+,22-,23-,24-,26-,27-/m1/s1. The van der Waals surface area contributed by atoms with Crippen LogP contribution in [0.1, 0.15) is 83.6 Å². The molecular weight excluding hydrogens is 484 g/mol. The smallest absolute Gasteiger partial charge is 0.315 e. The number of methoxy groups -OCH3 is 1. The van der Waals surface area contributed by atoms with Crippen LogP contribution in [0, 0.1) is 11.3 Å². The highest BCUT2D eigenvalue weighted by molar-refractivity contribution is 5.80.